The van der Waals surface area contributed by atoms with E-state index in [9.17, 15) is 4.79 Å². The van der Waals surface area contributed by atoms with Crippen molar-refractivity contribution >= 4 is 38.1 Å². The van der Waals surface area contributed by atoms with Crippen molar-refractivity contribution in [2.75, 3.05) is 5.33 Å². The molecule has 70 valence electrons. The molecule has 0 heterocycles. The Morgan fingerprint density at radius 1 is 1.46 bits per heavy atom. The van der Waals surface area contributed by atoms with Gasteiger partial charge in [0.05, 0.1) is 10.9 Å². The van der Waals surface area contributed by atoms with Gasteiger partial charge in [-0.3, -0.25) is 4.79 Å². The third-order valence-corrected chi connectivity index (χ3v) is 3.39. The standard InChI is InChI=1S/C9H8Br2O2/c10-5-9(11)13-8-4-2-1-3-7(8)6-12/h1-4,6,9H,5H2. The lowest BCUT2D eigenvalue weighted by Gasteiger charge is -2.11. The zero-order chi connectivity index (χ0) is 9.68. The number of aldehydes is 1. The topological polar surface area (TPSA) is 26.3 Å². The highest BCUT2D eigenvalue weighted by atomic mass is 79.9. The Balaban J connectivity index is 2.80. The predicted molar refractivity (Wildman–Crippen MR) is 59.0 cm³/mol. The molecule has 0 radical (unpaired) electrons. The van der Waals surface area contributed by atoms with E-state index in [0.717, 1.165) is 6.29 Å². The lowest BCUT2D eigenvalue weighted by atomic mass is 10.2. The van der Waals surface area contributed by atoms with Crippen molar-refractivity contribution in [3.05, 3.63) is 29.8 Å². The molecule has 0 bridgehead atoms. The Morgan fingerprint density at radius 2 is 2.15 bits per heavy atom. The average Bonchev–Trinajstić information content (AvgIpc) is 2.18. The molecule has 0 aliphatic heterocycles. The van der Waals surface area contributed by atoms with Crippen LogP contribution in [-0.4, -0.2) is 16.6 Å². The SMILES string of the molecule is O=Cc1ccccc1OC(Br)CBr. The number of rotatable bonds is 4. The number of hydrogen-bond donors (Lipinski definition) is 0. The van der Waals surface area contributed by atoms with Gasteiger partial charge in [0.2, 0.25) is 0 Å². The maximum absolute atomic E-state index is 10.6. The number of carbonyl (C=O) groups excluding carboxylic acids is 1. The summed E-state index contributed by atoms with van der Waals surface area (Å²) in [7, 11) is 0. The molecule has 0 amide bonds. The molecule has 0 spiro atoms. The highest BCUT2D eigenvalue weighted by Gasteiger charge is 2.06. The number of alkyl halides is 2. The van der Waals surface area contributed by atoms with Crippen LogP contribution in [0.1, 0.15) is 10.4 Å². The maximum Gasteiger partial charge on any atom is 0.162 e. The average molecular weight is 308 g/mol. The minimum atomic E-state index is -0.117. The molecule has 0 N–H and O–H groups in total. The molecule has 0 aliphatic carbocycles. The van der Waals surface area contributed by atoms with Crippen molar-refractivity contribution in [2.24, 2.45) is 0 Å². The Labute approximate surface area is 93.5 Å². The molecule has 0 saturated heterocycles. The number of hydrogen-bond acceptors (Lipinski definition) is 2. The molecule has 1 atom stereocenters. The second-order valence-corrected chi connectivity index (χ2v) is 4.01. The van der Waals surface area contributed by atoms with Crippen LogP contribution in [0.5, 0.6) is 5.75 Å². The van der Waals surface area contributed by atoms with Crippen molar-refractivity contribution in [1.82, 2.24) is 0 Å². The van der Waals surface area contributed by atoms with Gasteiger partial charge < -0.3 is 4.74 Å². The van der Waals surface area contributed by atoms with E-state index in [2.05, 4.69) is 31.9 Å². The minimum Gasteiger partial charge on any atom is -0.478 e. The molecule has 0 aliphatic rings. The van der Waals surface area contributed by atoms with Gasteiger partial charge in [-0.05, 0) is 28.1 Å². The molecular formula is C9H8Br2O2. The first kappa shape index (κ1) is 10.7. The predicted octanol–water partition coefficient (Wildman–Crippen LogP) is 2.99. The van der Waals surface area contributed by atoms with Gasteiger partial charge in [-0.1, -0.05) is 28.1 Å². The van der Waals surface area contributed by atoms with Crippen molar-refractivity contribution in [3.8, 4) is 5.75 Å². The molecule has 1 rings (SSSR count). The van der Waals surface area contributed by atoms with Crippen molar-refractivity contribution in [3.63, 3.8) is 0 Å². The fourth-order valence-corrected chi connectivity index (χ4v) is 1.19. The molecule has 0 saturated carbocycles. The summed E-state index contributed by atoms with van der Waals surface area (Å²) in [5.41, 5.74) is 0.563. The van der Waals surface area contributed by atoms with Crippen LogP contribution in [0.3, 0.4) is 0 Å². The first-order valence-electron chi connectivity index (χ1n) is 3.69. The van der Waals surface area contributed by atoms with Crippen LogP contribution in [-0.2, 0) is 0 Å². The highest BCUT2D eigenvalue weighted by molar-refractivity contribution is 9.12. The molecule has 0 fully saturated rings. The van der Waals surface area contributed by atoms with Crippen LogP contribution in [0.2, 0.25) is 0 Å². The molecule has 1 aromatic rings. The van der Waals surface area contributed by atoms with Crippen molar-refractivity contribution in [2.45, 2.75) is 5.01 Å². The van der Waals surface area contributed by atoms with Crippen LogP contribution in [0.4, 0.5) is 0 Å². The molecule has 1 unspecified atom stereocenters. The van der Waals surface area contributed by atoms with Crippen LogP contribution >= 0.6 is 31.9 Å². The summed E-state index contributed by atoms with van der Waals surface area (Å²) in [5.74, 6) is 0.596. The first-order valence-corrected chi connectivity index (χ1v) is 5.72. The normalized spacial score (nSPS) is 12.2. The van der Waals surface area contributed by atoms with Gasteiger partial charge in [-0.2, -0.15) is 0 Å². The Kier molecular flexibility index (Phi) is 4.45. The fraction of sp³-hybridized carbons (Fsp3) is 0.222. The van der Waals surface area contributed by atoms with Gasteiger partial charge >= 0.3 is 0 Å². The zero-order valence-corrected chi connectivity index (χ0v) is 9.92. The molecule has 2 nitrogen and oxygen atoms in total. The van der Waals surface area contributed by atoms with E-state index < -0.39 is 0 Å². The zero-order valence-electron chi connectivity index (χ0n) is 6.74. The number of halogens is 2. The molecular weight excluding hydrogens is 300 g/mol. The van der Waals surface area contributed by atoms with E-state index in [1.165, 1.54) is 0 Å². The van der Waals surface area contributed by atoms with E-state index in [1.807, 2.05) is 6.07 Å². The molecule has 1 aromatic carbocycles. The van der Waals surface area contributed by atoms with E-state index in [-0.39, 0.29) is 5.01 Å². The van der Waals surface area contributed by atoms with Crippen LogP contribution < -0.4 is 4.74 Å². The van der Waals surface area contributed by atoms with Gasteiger partial charge in [0.25, 0.3) is 0 Å². The fourth-order valence-electron chi connectivity index (χ4n) is 0.854. The third kappa shape index (κ3) is 3.12. The van der Waals surface area contributed by atoms with Crippen LogP contribution in [0.25, 0.3) is 0 Å². The Hall–Kier alpha value is -0.350. The van der Waals surface area contributed by atoms with E-state index in [1.54, 1.807) is 18.2 Å². The van der Waals surface area contributed by atoms with E-state index >= 15 is 0 Å². The summed E-state index contributed by atoms with van der Waals surface area (Å²) >= 11 is 6.55. The largest absolute Gasteiger partial charge is 0.478 e. The number of carbonyl (C=O) groups is 1. The van der Waals surface area contributed by atoms with Gasteiger partial charge in [0.15, 0.2) is 11.3 Å². The summed E-state index contributed by atoms with van der Waals surface area (Å²) in [5, 5.41) is 0.550. The van der Waals surface area contributed by atoms with Crippen LogP contribution in [0.15, 0.2) is 24.3 Å². The third-order valence-electron chi connectivity index (χ3n) is 1.42. The summed E-state index contributed by atoms with van der Waals surface area (Å²) in [6, 6.07) is 7.11. The second-order valence-electron chi connectivity index (χ2n) is 2.34. The highest BCUT2D eigenvalue weighted by Crippen LogP contribution is 2.19. The first-order chi connectivity index (χ1) is 6.27. The van der Waals surface area contributed by atoms with Gasteiger partial charge in [-0.25, -0.2) is 0 Å². The molecule has 13 heavy (non-hydrogen) atoms. The smallest absolute Gasteiger partial charge is 0.162 e. The van der Waals surface area contributed by atoms with E-state index in [4.69, 9.17) is 4.74 Å². The summed E-state index contributed by atoms with van der Waals surface area (Å²) in [4.78, 5) is 10.6. The summed E-state index contributed by atoms with van der Waals surface area (Å²) < 4.78 is 5.42. The van der Waals surface area contributed by atoms with E-state index in [0.29, 0.717) is 16.6 Å². The lowest BCUT2D eigenvalue weighted by Crippen LogP contribution is -2.10. The van der Waals surface area contributed by atoms with Crippen LogP contribution in [0, 0.1) is 0 Å². The quantitative estimate of drug-likeness (QED) is 0.631. The number of benzene rings is 1. The van der Waals surface area contributed by atoms with Gasteiger partial charge in [0.1, 0.15) is 5.75 Å². The van der Waals surface area contributed by atoms with Gasteiger partial charge in [0, 0.05) is 0 Å². The Bertz CT molecular complexity index is 289. The second kappa shape index (κ2) is 5.40. The lowest BCUT2D eigenvalue weighted by molar-refractivity contribution is 0.111. The minimum absolute atomic E-state index is 0.117. The van der Waals surface area contributed by atoms with Crippen molar-refractivity contribution in [1.29, 1.82) is 0 Å². The van der Waals surface area contributed by atoms with Crippen molar-refractivity contribution < 1.29 is 9.53 Å². The molecule has 4 heteroatoms. The number of para-hydroxylation sites is 1. The molecule has 0 aromatic heterocycles. The summed E-state index contributed by atoms with van der Waals surface area (Å²) in [6.45, 7) is 0. The monoisotopic (exact) mass is 306 g/mol. The maximum atomic E-state index is 10.6. The van der Waals surface area contributed by atoms with Gasteiger partial charge in [-0.15, -0.1) is 0 Å². The Morgan fingerprint density at radius 3 is 2.77 bits per heavy atom. The summed E-state index contributed by atoms with van der Waals surface area (Å²) in [6.07, 6.45) is 0.781. The number of ether oxygens (including phenoxy) is 1.